The van der Waals surface area contributed by atoms with Crippen LogP contribution in [0.2, 0.25) is 0 Å². The lowest BCUT2D eigenvalue weighted by Crippen LogP contribution is -2.04. The summed E-state index contributed by atoms with van der Waals surface area (Å²) < 4.78 is 2.35. The number of hydrogen-bond donors (Lipinski definition) is 0. The molecule has 2 aromatic rings. The van der Waals surface area contributed by atoms with Gasteiger partial charge in [0.1, 0.15) is 5.82 Å². The Balaban J connectivity index is 1.66. The number of rotatable bonds is 11. The molecule has 0 radical (unpaired) electrons. The summed E-state index contributed by atoms with van der Waals surface area (Å²) in [5.41, 5.74) is 1.43. The average Bonchev–Trinajstić information content (AvgIpc) is 2.99. The lowest BCUT2D eigenvalue weighted by Gasteiger charge is -2.08. The molecule has 0 aliphatic rings. The summed E-state index contributed by atoms with van der Waals surface area (Å²) in [5, 5.41) is 0. The zero-order valence-corrected chi connectivity index (χ0v) is 14.0. The molecule has 0 unspecified atom stereocenters. The summed E-state index contributed by atoms with van der Waals surface area (Å²) >= 11 is 0. The largest absolute Gasteiger partial charge is 0.335 e. The van der Waals surface area contributed by atoms with Crippen LogP contribution in [-0.4, -0.2) is 9.55 Å². The molecule has 0 amide bonds. The Morgan fingerprint density at radius 2 is 1.64 bits per heavy atom. The monoisotopic (exact) mass is 298 g/mol. The van der Waals surface area contributed by atoms with Crippen molar-refractivity contribution in [2.45, 2.75) is 71.3 Å². The lowest BCUT2D eigenvalue weighted by molar-refractivity contribution is 0.542. The molecule has 120 valence electrons. The molecule has 1 aromatic heterocycles. The number of nitrogens with zero attached hydrogens (tertiary/aromatic N) is 2. The summed E-state index contributed by atoms with van der Waals surface area (Å²) in [6.07, 6.45) is 15.6. The van der Waals surface area contributed by atoms with E-state index in [1.807, 2.05) is 6.20 Å². The second-order valence-corrected chi connectivity index (χ2v) is 6.14. The molecule has 0 aliphatic heterocycles. The Hall–Kier alpha value is -1.57. The van der Waals surface area contributed by atoms with Gasteiger partial charge < -0.3 is 4.57 Å². The van der Waals surface area contributed by atoms with Gasteiger partial charge in [-0.05, 0) is 24.8 Å². The molecule has 0 saturated carbocycles. The van der Waals surface area contributed by atoms with Crippen molar-refractivity contribution in [2.24, 2.45) is 0 Å². The van der Waals surface area contributed by atoms with Crippen molar-refractivity contribution in [1.82, 2.24) is 9.55 Å². The van der Waals surface area contributed by atoms with Crippen molar-refractivity contribution in [3.63, 3.8) is 0 Å². The summed E-state index contributed by atoms with van der Waals surface area (Å²) in [7, 11) is 0. The van der Waals surface area contributed by atoms with Crippen LogP contribution in [0.25, 0.3) is 0 Å². The molecule has 2 heteroatoms. The third kappa shape index (κ3) is 6.05. The predicted octanol–water partition coefficient (Wildman–Crippen LogP) is 5.42. The van der Waals surface area contributed by atoms with Crippen LogP contribution in [0.5, 0.6) is 0 Å². The molecular formula is C20H30N2. The van der Waals surface area contributed by atoms with Crippen LogP contribution in [0.3, 0.4) is 0 Å². The van der Waals surface area contributed by atoms with Crippen LogP contribution in [0.15, 0.2) is 42.7 Å². The highest BCUT2D eigenvalue weighted by atomic mass is 15.1. The Kier molecular flexibility index (Phi) is 7.79. The third-order valence-corrected chi connectivity index (χ3v) is 4.26. The Morgan fingerprint density at radius 1 is 0.864 bits per heavy atom. The SMILES string of the molecule is CCCCCCCCn1ccnc1CCCc1ccccc1. The van der Waals surface area contributed by atoms with E-state index in [9.17, 15) is 0 Å². The maximum atomic E-state index is 4.54. The zero-order chi connectivity index (χ0) is 15.5. The van der Waals surface area contributed by atoms with Crippen LogP contribution >= 0.6 is 0 Å². The van der Waals surface area contributed by atoms with Gasteiger partial charge in [-0.1, -0.05) is 69.4 Å². The van der Waals surface area contributed by atoms with E-state index in [1.165, 1.54) is 56.3 Å². The van der Waals surface area contributed by atoms with Crippen molar-refractivity contribution in [1.29, 1.82) is 0 Å². The fourth-order valence-electron chi connectivity index (χ4n) is 2.93. The molecule has 1 aromatic carbocycles. The van der Waals surface area contributed by atoms with Crippen LogP contribution in [0, 0.1) is 0 Å². The molecule has 1 heterocycles. The highest BCUT2D eigenvalue weighted by molar-refractivity contribution is 5.14. The van der Waals surface area contributed by atoms with Gasteiger partial charge in [0.25, 0.3) is 0 Å². The fourth-order valence-corrected chi connectivity index (χ4v) is 2.93. The van der Waals surface area contributed by atoms with E-state index in [2.05, 4.69) is 53.0 Å². The minimum atomic E-state index is 1.08. The van der Waals surface area contributed by atoms with Crippen LogP contribution in [0.4, 0.5) is 0 Å². The number of hydrogen-bond acceptors (Lipinski definition) is 1. The van der Waals surface area contributed by atoms with Crippen molar-refractivity contribution < 1.29 is 0 Å². The first-order valence-corrected chi connectivity index (χ1v) is 8.94. The van der Waals surface area contributed by atoms with Gasteiger partial charge in [0.15, 0.2) is 0 Å². The fraction of sp³-hybridized carbons (Fsp3) is 0.550. The second kappa shape index (κ2) is 10.2. The van der Waals surface area contributed by atoms with Gasteiger partial charge >= 0.3 is 0 Å². The maximum Gasteiger partial charge on any atom is 0.108 e. The van der Waals surface area contributed by atoms with Gasteiger partial charge in [0.05, 0.1) is 0 Å². The van der Waals surface area contributed by atoms with Crippen molar-refractivity contribution >= 4 is 0 Å². The molecule has 0 atom stereocenters. The first-order chi connectivity index (χ1) is 10.9. The molecule has 0 spiro atoms. The van der Waals surface area contributed by atoms with Gasteiger partial charge in [-0.25, -0.2) is 4.98 Å². The predicted molar refractivity (Wildman–Crippen MR) is 94.1 cm³/mol. The lowest BCUT2D eigenvalue weighted by atomic mass is 10.1. The minimum Gasteiger partial charge on any atom is -0.335 e. The number of imidazole rings is 1. The van der Waals surface area contributed by atoms with E-state index in [0.717, 1.165) is 19.4 Å². The van der Waals surface area contributed by atoms with E-state index < -0.39 is 0 Å². The van der Waals surface area contributed by atoms with Crippen LogP contribution in [0.1, 0.15) is 63.3 Å². The minimum absolute atomic E-state index is 1.08. The Bertz CT molecular complexity index is 501. The van der Waals surface area contributed by atoms with E-state index in [0.29, 0.717) is 0 Å². The van der Waals surface area contributed by atoms with E-state index in [1.54, 1.807) is 0 Å². The van der Waals surface area contributed by atoms with Crippen molar-refractivity contribution in [3.8, 4) is 0 Å². The van der Waals surface area contributed by atoms with Gasteiger partial charge in [-0.15, -0.1) is 0 Å². The standard InChI is InChI=1S/C20H30N2/c1-2-3-4-5-6-10-17-22-18-16-21-20(22)15-11-14-19-12-8-7-9-13-19/h7-9,12-13,16,18H,2-6,10-11,14-15,17H2,1H3. The molecule has 22 heavy (non-hydrogen) atoms. The molecule has 0 aliphatic carbocycles. The Labute approximate surface area is 135 Å². The number of unbranched alkanes of at least 4 members (excludes halogenated alkanes) is 5. The first-order valence-electron chi connectivity index (χ1n) is 8.94. The average molecular weight is 298 g/mol. The number of aromatic nitrogens is 2. The van der Waals surface area contributed by atoms with Gasteiger partial charge in [-0.3, -0.25) is 0 Å². The highest BCUT2D eigenvalue weighted by Gasteiger charge is 2.03. The molecule has 0 bridgehead atoms. The molecule has 2 rings (SSSR count). The summed E-state index contributed by atoms with van der Waals surface area (Å²) in [6, 6.07) is 10.7. The number of benzene rings is 1. The van der Waals surface area contributed by atoms with Crippen molar-refractivity contribution in [3.05, 3.63) is 54.1 Å². The normalized spacial score (nSPS) is 11.0. The second-order valence-electron chi connectivity index (χ2n) is 6.14. The van der Waals surface area contributed by atoms with E-state index >= 15 is 0 Å². The zero-order valence-electron chi connectivity index (χ0n) is 14.0. The van der Waals surface area contributed by atoms with Gasteiger partial charge in [0.2, 0.25) is 0 Å². The van der Waals surface area contributed by atoms with Crippen molar-refractivity contribution in [2.75, 3.05) is 0 Å². The van der Waals surface area contributed by atoms with Crippen LogP contribution < -0.4 is 0 Å². The first kappa shape index (κ1) is 16.8. The maximum absolute atomic E-state index is 4.54. The molecule has 0 fully saturated rings. The third-order valence-electron chi connectivity index (χ3n) is 4.26. The molecule has 0 N–H and O–H groups in total. The summed E-state index contributed by atoms with van der Waals surface area (Å²) in [6.45, 7) is 3.40. The van der Waals surface area contributed by atoms with E-state index in [-0.39, 0.29) is 0 Å². The van der Waals surface area contributed by atoms with Gasteiger partial charge in [0, 0.05) is 25.4 Å². The van der Waals surface area contributed by atoms with Gasteiger partial charge in [-0.2, -0.15) is 0 Å². The van der Waals surface area contributed by atoms with E-state index in [4.69, 9.17) is 0 Å². The number of aryl methyl sites for hydroxylation is 3. The highest BCUT2D eigenvalue weighted by Crippen LogP contribution is 2.10. The smallest absolute Gasteiger partial charge is 0.108 e. The molecule has 2 nitrogen and oxygen atoms in total. The topological polar surface area (TPSA) is 17.8 Å². The van der Waals surface area contributed by atoms with Crippen LogP contribution in [-0.2, 0) is 19.4 Å². The summed E-state index contributed by atoms with van der Waals surface area (Å²) in [5.74, 6) is 1.25. The summed E-state index contributed by atoms with van der Waals surface area (Å²) in [4.78, 5) is 4.54. The Morgan fingerprint density at radius 3 is 2.45 bits per heavy atom. The molecule has 0 saturated heterocycles. The molecular weight excluding hydrogens is 268 g/mol. The quantitative estimate of drug-likeness (QED) is 0.506.